The standard InChI is InChI=1S/C25H20ClF3N4O2S/c1-13-21(31-24(35)25(2,28)29)22(19-9-10-20(26)36-19)32(23(13)34)17-7-8-18-14(11-17)12-30-33(18)16-5-3-15(27)4-6-16/h3-13,21-22H,1-2H3,(H,31,35)/t13-,21?,22+/m0/s1. The van der Waals surface area contributed by atoms with Gasteiger partial charge in [-0.15, -0.1) is 11.3 Å². The van der Waals surface area contributed by atoms with E-state index in [9.17, 15) is 22.8 Å². The number of rotatable bonds is 5. The molecule has 1 aliphatic heterocycles. The molecule has 2 aromatic carbocycles. The smallest absolute Gasteiger partial charge is 0.321 e. The minimum atomic E-state index is -3.60. The molecule has 1 fully saturated rings. The Morgan fingerprint density at radius 3 is 2.44 bits per heavy atom. The number of amides is 2. The van der Waals surface area contributed by atoms with E-state index in [4.69, 9.17) is 11.6 Å². The Kier molecular flexibility index (Phi) is 6.04. The molecule has 4 aromatic rings. The molecule has 5 rings (SSSR count). The predicted octanol–water partition coefficient (Wildman–Crippen LogP) is 5.74. The third kappa shape index (κ3) is 4.24. The van der Waals surface area contributed by atoms with Crippen molar-refractivity contribution in [2.75, 3.05) is 4.90 Å². The lowest BCUT2D eigenvalue weighted by Gasteiger charge is -2.29. The Morgan fingerprint density at radius 1 is 1.11 bits per heavy atom. The normalized spacial score (nSPS) is 20.3. The molecule has 0 bridgehead atoms. The fraction of sp³-hybridized carbons (Fsp3) is 0.240. The van der Waals surface area contributed by atoms with Crippen molar-refractivity contribution in [2.24, 2.45) is 5.92 Å². The third-order valence-corrected chi connectivity index (χ3v) is 7.57. The van der Waals surface area contributed by atoms with Crippen molar-refractivity contribution in [1.29, 1.82) is 0 Å². The number of carbonyl (C=O) groups is 2. The van der Waals surface area contributed by atoms with Gasteiger partial charge in [0.1, 0.15) is 5.82 Å². The lowest BCUT2D eigenvalue weighted by Crippen LogP contribution is -2.47. The Bertz CT molecular complexity index is 1460. The van der Waals surface area contributed by atoms with E-state index in [0.717, 1.165) is 5.52 Å². The van der Waals surface area contributed by atoms with E-state index in [2.05, 4.69) is 10.4 Å². The van der Waals surface area contributed by atoms with Crippen LogP contribution in [0.3, 0.4) is 0 Å². The van der Waals surface area contributed by atoms with Crippen LogP contribution in [-0.4, -0.2) is 33.6 Å². The van der Waals surface area contributed by atoms with E-state index >= 15 is 0 Å². The molecule has 2 amide bonds. The van der Waals surface area contributed by atoms with E-state index in [-0.39, 0.29) is 11.7 Å². The van der Waals surface area contributed by atoms with Gasteiger partial charge in [0.25, 0.3) is 5.91 Å². The van der Waals surface area contributed by atoms with Crippen LogP contribution in [0.2, 0.25) is 4.34 Å². The maximum Gasteiger partial charge on any atom is 0.321 e. The van der Waals surface area contributed by atoms with Gasteiger partial charge in [-0.25, -0.2) is 9.07 Å². The molecule has 1 N–H and O–H groups in total. The summed E-state index contributed by atoms with van der Waals surface area (Å²) in [7, 11) is 0. The molecule has 0 spiro atoms. The molecule has 186 valence electrons. The molecule has 1 saturated heterocycles. The van der Waals surface area contributed by atoms with Crippen molar-refractivity contribution in [3.05, 3.63) is 75.8 Å². The summed E-state index contributed by atoms with van der Waals surface area (Å²) >= 11 is 7.37. The second-order valence-electron chi connectivity index (χ2n) is 8.75. The van der Waals surface area contributed by atoms with Crippen LogP contribution in [0.4, 0.5) is 18.9 Å². The van der Waals surface area contributed by atoms with Crippen molar-refractivity contribution in [3.63, 3.8) is 0 Å². The van der Waals surface area contributed by atoms with Gasteiger partial charge in [0.05, 0.1) is 39.7 Å². The van der Waals surface area contributed by atoms with E-state index in [1.54, 1.807) is 60.3 Å². The predicted molar refractivity (Wildman–Crippen MR) is 132 cm³/mol. The highest BCUT2D eigenvalue weighted by molar-refractivity contribution is 7.16. The van der Waals surface area contributed by atoms with Crippen LogP contribution in [0.1, 0.15) is 24.8 Å². The van der Waals surface area contributed by atoms with Crippen LogP contribution < -0.4 is 10.2 Å². The summed E-state index contributed by atoms with van der Waals surface area (Å²) in [6.45, 7) is 2.12. The molecule has 0 radical (unpaired) electrons. The maximum atomic E-state index is 13.7. The van der Waals surface area contributed by atoms with Gasteiger partial charge in [-0.2, -0.15) is 13.9 Å². The zero-order valence-electron chi connectivity index (χ0n) is 19.1. The van der Waals surface area contributed by atoms with Crippen LogP contribution in [0.5, 0.6) is 0 Å². The summed E-state index contributed by atoms with van der Waals surface area (Å²) in [6, 6.07) is 12.9. The molecule has 36 heavy (non-hydrogen) atoms. The van der Waals surface area contributed by atoms with Gasteiger partial charge in [-0.3, -0.25) is 9.59 Å². The van der Waals surface area contributed by atoms with Gasteiger partial charge in [-0.05, 0) is 54.6 Å². The number of nitrogens with one attached hydrogen (secondary N) is 1. The lowest BCUT2D eigenvalue weighted by atomic mass is 9.98. The van der Waals surface area contributed by atoms with Gasteiger partial charge in [0, 0.05) is 22.9 Å². The van der Waals surface area contributed by atoms with E-state index < -0.39 is 29.8 Å². The Balaban J connectivity index is 1.56. The number of aromatic nitrogens is 2. The van der Waals surface area contributed by atoms with E-state index in [1.807, 2.05) is 0 Å². The average molecular weight is 533 g/mol. The summed E-state index contributed by atoms with van der Waals surface area (Å²) < 4.78 is 42.9. The second kappa shape index (κ2) is 8.94. The molecule has 6 nitrogen and oxygen atoms in total. The van der Waals surface area contributed by atoms with Crippen molar-refractivity contribution in [3.8, 4) is 5.69 Å². The third-order valence-electron chi connectivity index (χ3n) is 6.27. The number of carbonyl (C=O) groups excluding carboxylic acids is 2. The molecule has 2 aromatic heterocycles. The lowest BCUT2D eigenvalue weighted by molar-refractivity contribution is -0.144. The molecular formula is C25H20ClF3N4O2S. The fourth-order valence-corrected chi connectivity index (χ4v) is 5.66. The Labute approximate surface area is 213 Å². The maximum absolute atomic E-state index is 13.7. The van der Waals surface area contributed by atoms with Crippen LogP contribution in [0.15, 0.2) is 60.8 Å². The zero-order valence-corrected chi connectivity index (χ0v) is 20.7. The number of benzene rings is 2. The minimum absolute atomic E-state index is 0.320. The molecule has 0 saturated carbocycles. The molecule has 11 heteroatoms. The summed E-state index contributed by atoms with van der Waals surface area (Å²) in [5.74, 6) is -6.49. The minimum Gasteiger partial charge on any atom is -0.345 e. The van der Waals surface area contributed by atoms with Crippen molar-refractivity contribution >= 4 is 51.3 Å². The second-order valence-corrected chi connectivity index (χ2v) is 10.5. The van der Waals surface area contributed by atoms with E-state index in [1.165, 1.54) is 28.4 Å². The SMILES string of the molecule is C[C@@H]1C(=O)N(c2ccc3c(cnn3-c3ccc(F)cc3)c2)[C@H](c2ccc(Cl)s2)C1NC(=O)C(C)(F)F. The van der Waals surface area contributed by atoms with Gasteiger partial charge in [-0.1, -0.05) is 18.5 Å². The molecule has 0 aliphatic carbocycles. The number of halogens is 4. The number of anilines is 1. The van der Waals surface area contributed by atoms with E-state index in [0.29, 0.717) is 32.9 Å². The first-order valence-electron chi connectivity index (χ1n) is 11.1. The highest BCUT2D eigenvalue weighted by Gasteiger charge is 2.50. The van der Waals surface area contributed by atoms with Gasteiger partial charge in [0.2, 0.25) is 5.91 Å². The fourth-order valence-electron chi connectivity index (χ4n) is 4.46. The van der Waals surface area contributed by atoms with Crippen LogP contribution in [-0.2, 0) is 9.59 Å². The molecule has 3 heterocycles. The largest absolute Gasteiger partial charge is 0.345 e. The molecule has 3 atom stereocenters. The van der Waals surface area contributed by atoms with Gasteiger partial charge in [0.15, 0.2) is 0 Å². The monoisotopic (exact) mass is 532 g/mol. The summed E-state index contributed by atoms with van der Waals surface area (Å²) in [5.41, 5.74) is 1.92. The van der Waals surface area contributed by atoms with Crippen molar-refractivity contribution < 1.29 is 22.8 Å². The van der Waals surface area contributed by atoms with Crippen molar-refractivity contribution in [1.82, 2.24) is 15.1 Å². The number of fused-ring (bicyclic) bond motifs is 1. The zero-order chi connectivity index (χ0) is 25.8. The van der Waals surface area contributed by atoms with Crippen LogP contribution in [0.25, 0.3) is 16.6 Å². The molecular weight excluding hydrogens is 513 g/mol. The number of hydrogen-bond donors (Lipinski definition) is 1. The summed E-state index contributed by atoms with van der Waals surface area (Å²) in [5, 5.41) is 7.50. The van der Waals surface area contributed by atoms with Gasteiger partial charge >= 0.3 is 5.92 Å². The van der Waals surface area contributed by atoms with Crippen molar-refractivity contribution in [2.45, 2.75) is 31.9 Å². The topological polar surface area (TPSA) is 67.2 Å². The first-order valence-corrected chi connectivity index (χ1v) is 12.2. The molecule has 1 aliphatic rings. The highest BCUT2D eigenvalue weighted by Crippen LogP contribution is 2.44. The number of alkyl halides is 2. The first kappa shape index (κ1) is 24.3. The Hall–Kier alpha value is -3.37. The number of thiophene rings is 1. The number of hydrogen-bond acceptors (Lipinski definition) is 4. The average Bonchev–Trinajstić information content (AvgIpc) is 3.51. The molecule has 1 unspecified atom stereocenters. The summed E-state index contributed by atoms with van der Waals surface area (Å²) in [6.07, 6.45) is 1.63. The van der Waals surface area contributed by atoms with Gasteiger partial charge < -0.3 is 10.2 Å². The highest BCUT2D eigenvalue weighted by atomic mass is 35.5. The Morgan fingerprint density at radius 2 is 1.81 bits per heavy atom. The quantitative estimate of drug-likeness (QED) is 0.356. The number of nitrogens with zero attached hydrogens (tertiary/aromatic N) is 3. The first-order chi connectivity index (χ1) is 17.0. The van der Waals surface area contributed by atoms with Crippen LogP contribution >= 0.6 is 22.9 Å². The summed E-state index contributed by atoms with van der Waals surface area (Å²) in [4.78, 5) is 27.8. The van der Waals surface area contributed by atoms with Crippen LogP contribution in [0, 0.1) is 11.7 Å².